The molecule has 2 aromatic carbocycles. The van der Waals surface area contributed by atoms with Crippen molar-refractivity contribution < 1.29 is 19.4 Å². The van der Waals surface area contributed by atoms with Gasteiger partial charge in [-0.25, -0.2) is 4.98 Å². The first-order valence-corrected chi connectivity index (χ1v) is 15.4. The van der Waals surface area contributed by atoms with Crippen molar-refractivity contribution in [3.05, 3.63) is 77.0 Å². The van der Waals surface area contributed by atoms with Gasteiger partial charge in [-0.05, 0) is 109 Å². The lowest BCUT2D eigenvalue weighted by molar-refractivity contribution is -0.142. The van der Waals surface area contributed by atoms with E-state index < -0.39 is 11.9 Å². The molecule has 1 N–H and O–H groups in total. The van der Waals surface area contributed by atoms with Crippen molar-refractivity contribution in [2.75, 3.05) is 7.11 Å². The molecule has 2 saturated heterocycles. The molecule has 3 atom stereocenters. The third-order valence-corrected chi connectivity index (χ3v) is 10.2. The second kappa shape index (κ2) is 10.8. The van der Waals surface area contributed by atoms with Gasteiger partial charge in [0.2, 0.25) is 5.88 Å². The largest absolute Gasteiger partial charge is 0.485 e. The van der Waals surface area contributed by atoms with Crippen LogP contribution in [-0.2, 0) is 17.8 Å². The molecule has 6 nitrogen and oxygen atoms in total. The summed E-state index contributed by atoms with van der Waals surface area (Å²) in [5.74, 6) is 0.932. The molecule has 0 spiro atoms. The minimum atomic E-state index is -0.718. The monoisotopic (exact) mass is 552 g/mol. The lowest BCUT2D eigenvalue weighted by atomic mass is 9.82. The third-order valence-electron chi connectivity index (χ3n) is 10.2. The maximum absolute atomic E-state index is 11.9. The number of aliphatic carboxylic acids is 1. The number of hydrogen-bond donors (Lipinski definition) is 1. The van der Waals surface area contributed by atoms with Gasteiger partial charge < -0.3 is 14.6 Å². The summed E-state index contributed by atoms with van der Waals surface area (Å²) in [5, 5.41) is 9.77. The molecule has 4 aliphatic rings. The van der Waals surface area contributed by atoms with E-state index in [4.69, 9.17) is 9.47 Å². The zero-order valence-corrected chi connectivity index (χ0v) is 24.1. The predicted octanol–water partition coefficient (Wildman–Crippen LogP) is 7.16. The Bertz CT molecular complexity index is 1430. The molecule has 3 aliphatic heterocycles. The van der Waals surface area contributed by atoms with Crippen molar-refractivity contribution in [1.82, 2.24) is 9.88 Å². The molecule has 3 fully saturated rings. The van der Waals surface area contributed by atoms with Crippen molar-refractivity contribution >= 4 is 5.97 Å². The Kier molecular flexibility index (Phi) is 6.98. The summed E-state index contributed by atoms with van der Waals surface area (Å²) in [6, 6.07) is 18.8. The summed E-state index contributed by atoms with van der Waals surface area (Å²) in [6.45, 7) is 2.80. The highest BCUT2D eigenvalue weighted by Crippen LogP contribution is 2.48. The van der Waals surface area contributed by atoms with E-state index in [2.05, 4.69) is 52.3 Å². The van der Waals surface area contributed by atoms with Crippen LogP contribution in [0.15, 0.2) is 54.7 Å². The fourth-order valence-electron chi connectivity index (χ4n) is 7.80. The number of aromatic nitrogens is 1. The predicted molar refractivity (Wildman–Crippen MR) is 158 cm³/mol. The summed E-state index contributed by atoms with van der Waals surface area (Å²) >= 11 is 0. The molecule has 3 aromatic rings. The molecule has 0 unspecified atom stereocenters. The van der Waals surface area contributed by atoms with Crippen LogP contribution < -0.4 is 9.47 Å². The van der Waals surface area contributed by atoms with Gasteiger partial charge in [0.1, 0.15) is 11.9 Å². The third kappa shape index (κ3) is 5.12. The Hall–Kier alpha value is -3.38. The average Bonchev–Trinajstić information content (AvgIpc) is 3.68. The van der Waals surface area contributed by atoms with Gasteiger partial charge in [0.25, 0.3) is 0 Å². The van der Waals surface area contributed by atoms with Crippen molar-refractivity contribution in [2.45, 2.75) is 88.9 Å². The summed E-state index contributed by atoms with van der Waals surface area (Å²) in [4.78, 5) is 19.0. The number of nitrogens with zero attached hydrogens (tertiary/aromatic N) is 2. The molecule has 1 saturated carbocycles. The van der Waals surface area contributed by atoms with E-state index in [1.165, 1.54) is 47.9 Å². The second-order valence-electron chi connectivity index (χ2n) is 12.6. The number of rotatable bonds is 9. The van der Waals surface area contributed by atoms with Gasteiger partial charge in [0.05, 0.1) is 13.0 Å². The van der Waals surface area contributed by atoms with Crippen LogP contribution in [0.4, 0.5) is 0 Å². The number of fused-ring (bicyclic) bond motifs is 3. The molecule has 1 aliphatic carbocycles. The summed E-state index contributed by atoms with van der Waals surface area (Å²) in [6.07, 6.45) is 11.2. The van der Waals surface area contributed by atoms with E-state index >= 15 is 0 Å². The van der Waals surface area contributed by atoms with Crippen molar-refractivity contribution in [2.24, 2.45) is 11.8 Å². The number of hydrogen-bond acceptors (Lipinski definition) is 5. The van der Waals surface area contributed by atoms with Crippen LogP contribution in [0.1, 0.15) is 86.1 Å². The van der Waals surface area contributed by atoms with Crippen LogP contribution in [0.2, 0.25) is 0 Å². The van der Waals surface area contributed by atoms with Gasteiger partial charge >= 0.3 is 5.97 Å². The van der Waals surface area contributed by atoms with Crippen LogP contribution in [0.25, 0.3) is 11.1 Å². The molecule has 214 valence electrons. The first-order chi connectivity index (χ1) is 20.0. The Morgan fingerprint density at radius 2 is 1.80 bits per heavy atom. The average molecular weight is 553 g/mol. The summed E-state index contributed by atoms with van der Waals surface area (Å²) < 4.78 is 12.2. The smallest absolute Gasteiger partial charge is 0.306 e. The Balaban J connectivity index is 1.20. The molecular weight excluding hydrogens is 512 g/mol. The van der Waals surface area contributed by atoms with Gasteiger partial charge in [0, 0.05) is 30.9 Å². The standard InChI is InChI=1S/C35H40N2O4/c1-21(35(38)39)34(23-4-5-23)26-6-3-22-8-14-31(41-32(22)18-26)25-7-13-30(24-15-16-36-33(19-24)40-2)27(17-25)20-37-28-9-10-29(37)12-11-28/h3,6-7,13,15-19,21,23,28-29,31,34H,4-5,8-12,14,20H2,1-2H3,(H,38,39)/t21-,28?,29?,31-,34-/m0/s1. The first kappa shape index (κ1) is 26.5. The van der Waals surface area contributed by atoms with Crippen molar-refractivity contribution in [1.29, 1.82) is 0 Å². The quantitative estimate of drug-likeness (QED) is 0.304. The number of aryl methyl sites for hydroxylation is 1. The van der Waals surface area contributed by atoms with E-state index in [9.17, 15) is 9.90 Å². The number of benzene rings is 2. The Morgan fingerprint density at radius 1 is 1.02 bits per heavy atom. The number of ether oxygens (including phenoxy) is 2. The molecule has 6 heteroatoms. The molecule has 2 bridgehead atoms. The van der Waals surface area contributed by atoms with E-state index in [1.54, 1.807) is 7.11 Å². The number of pyridine rings is 1. The fourth-order valence-corrected chi connectivity index (χ4v) is 7.80. The van der Waals surface area contributed by atoms with E-state index in [1.807, 2.05) is 19.2 Å². The maximum Gasteiger partial charge on any atom is 0.306 e. The minimum absolute atomic E-state index is 0.0240. The van der Waals surface area contributed by atoms with E-state index in [0.29, 0.717) is 23.9 Å². The van der Waals surface area contributed by atoms with Gasteiger partial charge in [-0.2, -0.15) is 0 Å². The second-order valence-corrected chi connectivity index (χ2v) is 12.6. The zero-order valence-electron chi connectivity index (χ0n) is 24.1. The molecular formula is C35H40N2O4. The molecule has 4 heterocycles. The first-order valence-electron chi connectivity index (χ1n) is 15.4. The van der Waals surface area contributed by atoms with Crippen molar-refractivity contribution in [3.8, 4) is 22.8 Å². The molecule has 1 aromatic heterocycles. The topological polar surface area (TPSA) is 71.9 Å². The highest BCUT2D eigenvalue weighted by Gasteiger charge is 2.40. The van der Waals surface area contributed by atoms with Crippen LogP contribution in [0.5, 0.6) is 11.6 Å². The van der Waals surface area contributed by atoms with Crippen LogP contribution in [0, 0.1) is 11.8 Å². The van der Waals surface area contributed by atoms with Gasteiger partial charge in [-0.1, -0.05) is 37.3 Å². The number of carboxylic acids is 1. The maximum atomic E-state index is 11.9. The van der Waals surface area contributed by atoms with Gasteiger partial charge in [-0.15, -0.1) is 0 Å². The summed E-state index contributed by atoms with van der Waals surface area (Å²) in [7, 11) is 1.66. The lowest BCUT2D eigenvalue weighted by Crippen LogP contribution is -2.28. The molecule has 0 radical (unpaired) electrons. The SMILES string of the molecule is COc1cc(-c2ccc([C@@H]3CCc4ccc([C@H](C5CC5)[C@H](C)C(=O)O)cc4O3)cc2CN2C3CCC2CC3)ccn1. The normalized spacial score (nSPS) is 24.9. The lowest BCUT2D eigenvalue weighted by Gasteiger charge is -2.30. The number of carbonyl (C=O) groups is 1. The van der Waals surface area contributed by atoms with Crippen molar-refractivity contribution in [3.63, 3.8) is 0 Å². The Morgan fingerprint density at radius 3 is 2.51 bits per heavy atom. The van der Waals surface area contributed by atoms with Crippen LogP contribution in [0.3, 0.4) is 0 Å². The fraction of sp³-hybridized carbons (Fsp3) is 0.486. The van der Waals surface area contributed by atoms with Crippen LogP contribution >= 0.6 is 0 Å². The molecule has 0 amide bonds. The van der Waals surface area contributed by atoms with Gasteiger partial charge in [0.15, 0.2) is 0 Å². The zero-order chi connectivity index (χ0) is 28.1. The van der Waals surface area contributed by atoms with E-state index in [0.717, 1.165) is 49.1 Å². The van der Waals surface area contributed by atoms with Crippen LogP contribution in [-0.4, -0.2) is 40.2 Å². The van der Waals surface area contributed by atoms with Gasteiger partial charge in [-0.3, -0.25) is 9.69 Å². The Labute approximate surface area is 242 Å². The molecule has 41 heavy (non-hydrogen) atoms. The minimum Gasteiger partial charge on any atom is -0.485 e. The number of carboxylic acid groups (broad SMARTS) is 1. The summed E-state index contributed by atoms with van der Waals surface area (Å²) in [5.41, 5.74) is 7.23. The highest BCUT2D eigenvalue weighted by atomic mass is 16.5. The molecule has 7 rings (SSSR count). The number of methoxy groups -OCH3 is 1. The highest BCUT2D eigenvalue weighted by molar-refractivity contribution is 5.71. The van der Waals surface area contributed by atoms with E-state index in [-0.39, 0.29) is 12.0 Å².